The van der Waals surface area contributed by atoms with Gasteiger partial charge in [-0.2, -0.15) is 5.10 Å². The second-order valence-corrected chi connectivity index (χ2v) is 5.47. The van der Waals surface area contributed by atoms with Crippen LogP contribution in [-0.2, 0) is 24.5 Å². The van der Waals surface area contributed by atoms with Crippen LogP contribution in [0.5, 0.6) is 0 Å². The molecular weight excluding hydrogens is 302 g/mol. The molecule has 0 radical (unpaired) electrons. The third kappa shape index (κ3) is 3.18. The highest BCUT2D eigenvalue weighted by atomic mass is 32.1. The number of hydrogen-bond donors (Lipinski definition) is 3. The number of fused-ring (bicyclic) bond motifs is 1. The summed E-state index contributed by atoms with van der Waals surface area (Å²) in [5.41, 5.74) is 3.06. The molecular formula is C14H17N5O2S. The van der Waals surface area contributed by atoms with Gasteiger partial charge in [0.25, 0.3) is 0 Å². The fourth-order valence-electron chi connectivity index (χ4n) is 2.37. The van der Waals surface area contributed by atoms with E-state index in [0.717, 1.165) is 17.1 Å². The Balaban J connectivity index is 1.51. The number of carbonyl (C=O) groups is 1. The van der Waals surface area contributed by atoms with Gasteiger partial charge in [0.2, 0.25) is 0 Å². The van der Waals surface area contributed by atoms with Gasteiger partial charge >= 0.3 is 6.03 Å². The van der Waals surface area contributed by atoms with Crippen molar-refractivity contribution in [2.24, 2.45) is 0 Å². The summed E-state index contributed by atoms with van der Waals surface area (Å²) in [6.45, 7) is 4.15. The van der Waals surface area contributed by atoms with Crippen LogP contribution in [0.3, 0.4) is 0 Å². The topological polar surface area (TPSA) is 84.0 Å². The summed E-state index contributed by atoms with van der Waals surface area (Å²) in [7, 11) is 0. The van der Waals surface area contributed by atoms with E-state index >= 15 is 0 Å². The molecule has 0 fully saturated rings. The molecule has 0 unspecified atom stereocenters. The largest absolute Gasteiger partial charge is 0.372 e. The number of nitrogens with one attached hydrogen (secondary N) is 3. The molecule has 1 aliphatic heterocycles. The lowest BCUT2D eigenvalue weighted by atomic mass is 10.1. The number of anilines is 1. The summed E-state index contributed by atoms with van der Waals surface area (Å²) in [6.07, 6.45) is 0. The van der Waals surface area contributed by atoms with Crippen molar-refractivity contribution >= 4 is 23.9 Å². The molecule has 116 valence electrons. The van der Waals surface area contributed by atoms with Gasteiger partial charge in [-0.05, 0) is 42.4 Å². The molecule has 1 aromatic carbocycles. The Morgan fingerprint density at radius 1 is 1.45 bits per heavy atom. The molecule has 0 saturated carbocycles. The molecule has 1 aliphatic rings. The number of hydrogen-bond acceptors (Lipinski definition) is 4. The van der Waals surface area contributed by atoms with Crippen molar-refractivity contribution < 1.29 is 9.53 Å². The third-order valence-electron chi connectivity index (χ3n) is 3.55. The number of benzene rings is 1. The van der Waals surface area contributed by atoms with Gasteiger partial charge < -0.3 is 19.9 Å². The number of ether oxygens (including phenoxy) is 1. The van der Waals surface area contributed by atoms with Gasteiger partial charge in [-0.3, -0.25) is 5.10 Å². The number of H-pyrrole nitrogens is 1. The standard InChI is InChI=1S/C14H17N5O2S/c1-9-17-18-14(22)19(9)5-4-15-13(20)16-12-3-2-10-7-21-8-11(10)6-12/h2-3,6H,4-5,7-8H2,1H3,(H,18,22)(H2,15,16,20). The van der Waals surface area contributed by atoms with Crippen LogP contribution in [0, 0.1) is 11.7 Å². The summed E-state index contributed by atoms with van der Waals surface area (Å²) < 4.78 is 7.74. The fraction of sp³-hybridized carbons (Fsp3) is 0.357. The molecule has 0 bridgehead atoms. The summed E-state index contributed by atoms with van der Waals surface area (Å²) in [6, 6.07) is 5.56. The number of aromatic nitrogens is 3. The van der Waals surface area contributed by atoms with Gasteiger partial charge in [-0.1, -0.05) is 6.07 Å². The lowest BCUT2D eigenvalue weighted by molar-refractivity contribution is 0.134. The minimum Gasteiger partial charge on any atom is -0.372 e. The molecule has 8 heteroatoms. The summed E-state index contributed by atoms with van der Waals surface area (Å²) in [4.78, 5) is 11.9. The van der Waals surface area contributed by atoms with Crippen molar-refractivity contribution in [3.05, 3.63) is 39.9 Å². The van der Waals surface area contributed by atoms with Crippen molar-refractivity contribution in [3.63, 3.8) is 0 Å². The maximum absolute atomic E-state index is 11.9. The number of carbonyl (C=O) groups excluding carboxylic acids is 1. The van der Waals surface area contributed by atoms with Gasteiger partial charge in [-0.15, -0.1) is 0 Å². The van der Waals surface area contributed by atoms with E-state index in [2.05, 4.69) is 20.8 Å². The summed E-state index contributed by atoms with van der Waals surface area (Å²) in [5, 5.41) is 12.4. The Morgan fingerprint density at radius 3 is 3.05 bits per heavy atom. The van der Waals surface area contributed by atoms with Crippen molar-refractivity contribution in [1.82, 2.24) is 20.1 Å². The zero-order valence-corrected chi connectivity index (χ0v) is 13.0. The Labute approximate surface area is 132 Å². The lowest BCUT2D eigenvalue weighted by Gasteiger charge is -2.09. The van der Waals surface area contributed by atoms with Crippen LogP contribution in [0.25, 0.3) is 0 Å². The van der Waals surface area contributed by atoms with Gasteiger partial charge in [0.1, 0.15) is 5.82 Å². The first-order valence-corrected chi connectivity index (χ1v) is 7.40. The monoisotopic (exact) mass is 319 g/mol. The quantitative estimate of drug-likeness (QED) is 0.754. The van der Waals surface area contributed by atoms with E-state index < -0.39 is 0 Å². The van der Waals surface area contributed by atoms with Gasteiger partial charge in [0.15, 0.2) is 4.77 Å². The summed E-state index contributed by atoms with van der Waals surface area (Å²) in [5.74, 6) is 0.797. The first-order chi connectivity index (χ1) is 10.6. The highest BCUT2D eigenvalue weighted by Gasteiger charge is 2.12. The molecule has 2 amide bonds. The second-order valence-electron chi connectivity index (χ2n) is 5.08. The number of amides is 2. The molecule has 0 aliphatic carbocycles. The molecule has 7 nitrogen and oxygen atoms in total. The van der Waals surface area contributed by atoms with E-state index in [4.69, 9.17) is 17.0 Å². The Morgan fingerprint density at radius 2 is 2.27 bits per heavy atom. The van der Waals surface area contributed by atoms with Gasteiger partial charge in [0.05, 0.1) is 13.2 Å². The SMILES string of the molecule is Cc1n[nH]c(=S)n1CCNC(=O)Nc1ccc2c(c1)COC2. The Kier molecular flexibility index (Phi) is 4.21. The molecule has 22 heavy (non-hydrogen) atoms. The second kappa shape index (κ2) is 6.29. The van der Waals surface area contributed by atoms with Crippen LogP contribution < -0.4 is 10.6 Å². The highest BCUT2D eigenvalue weighted by molar-refractivity contribution is 7.71. The predicted octanol–water partition coefficient (Wildman–Crippen LogP) is 2.10. The van der Waals surface area contributed by atoms with E-state index in [9.17, 15) is 4.79 Å². The van der Waals surface area contributed by atoms with Gasteiger partial charge in [-0.25, -0.2) is 4.79 Å². The maximum atomic E-state index is 11.9. The predicted molar refractivity (Wildman–Crippen MR) is 84.1 cm³/mol. The first-order valence-electron chi connectivity index (χ1n) is 6.99. The molecule has 2 aromatic rings. The number of aryl methyl sites for hydroxylation is 1. The smallest absolute Gasteiger partial charge is 0.319 e. The molecule has 2 heterocycles. The molecule has 1 aromatic heterocycles. The van der Waals surface area contributed by atoms with E-state index in [0.29, 0.717) is 31.1 Å². The molecule has 0 atom stereocenters. The van der Waals surface area contributed by atoms with Crippen LogP contribution in [-0.4, -0.2) is 27.3 Å². The van der Waals surface area contributed by atoms with Gasteiger partial charge in [0, 0.05) is 18.8 Å². The minimum atomic E-state index is -0.244. The minimum absolute atomic E-state index is 0.244. The molecule has 0 saturated heterocycles. The third-order valence-corrected chi connectivity index (χ3v) is 3.86. The van der Waals surface area contributed by atoms with Crippen LogP contribution in [0.2, 0.25) is 0 Å². The number of urea groups is 1. The normalized spacial score (nSPS) is 13.0. The number of nitrogens with zero attached hydrogens (tertiary/aromatic N) is 2. The van der Waals surface area contributed by atoms with E-state index in [-0.39, 0.29) is 6.03 Å². The Bertz CT molecular complexity index is 752. The Hall–Kier alpha value is -2.19. The van der Waals surface area contributed by atoms with E-state index in [1.54, 1.807) is 0 Å². The van der Waals surface area contributed by atoms with Crippen LogP contribution in [0.1, 0.15) is 17.0 Å². The van der Waals surface area contributed by atoms with Crippen LogP contribution >= 0.6 is 12.2 Å². The van der Waals surface area contributed by atoms with E-state index in [1.165, 1.54) is 5.56 Å². The fourth-order valence-corrected chi connectivity index (χ4v) is 2.64. The average Bonchev–Trinajstić information content (AvgIpc) is 3.07. The van der Waals surface area contributed by atoms with Crippen molar-refractivity contribution in [2.45, 2.75) is 26.7 Å². The summed E-state index contributed by atoms with van der Waals surface area (Å²) >= 11 is 5.11. The number of rotatable bonds is 4. The van der Waals surface area contributed by atoms with Crippen LogP contribution in [0.4, 0.5) is 10.5 Å². The van der Waals surface area contributed by atoms with Crippen LogP contribution in [0.15, 0.2) is 18.2 Å². The molecule has 3 rings (SSSR count). The number of aromatic amines is 1. The van der Waals surface area contributed by atoms with Crippen molar-refractivity contribution in [2.75, 3.05) is 11.9 Å². The average molecular weight is 319 g/mol. The lowest BCUT2D eigenvalue weighted by Crippen LogP contribution is -2.31. The first kappa shape index (κ1) is 14.7. The molecule has 0 spiro atoms. The zero-order valence-electron chi connectivity index (χ0n) is 12.2. The van der Waals surface area contributed by atoms with E-state index in [1.807, 2.05) is 29.7 Å². The highest BCUT2D eigenvalue weighted by Crippen LogP contribution is 2.23. The van der Waals surface area contributed by atoms with Crippen molar-refractivity contribution in [3.8, 4) is 0 Å². The van der Waals surface area contributed by atoms with Crippen molar-refractivity contribution in [1.29, 1.82) is 0 Å². The molecule has 3 N–H and O–H groups in total. The maximum Gasteiger partial charge on any atom is 0.319 e. The zero-order chi connectivity index (χ0) is 15.5.